The number of carbonyl (C=O) groups excluding carboxylic acids is 2. The summed E-state index contributed by atoms with van der Waals surface area (Å²) in [6.07, 6.45) is 62.3. The van der Waals surface area contributed by atoms with Gasteiger partial charge in [0.15, 0.2) is 0 Å². The smallest absolute Gasteiger partial charge is 0.314 e. The summed E-state index contributed by atoms with van der Waals surface area (Å²) < 4.78 is 11.6. The Morgan fingerprint density at radius 2 is 0.561 bits per heavy atom. The van der Waals surface area contributed by atoms with Crippen LogP contribution in [0.25, 0.3) is 0 Å². The second kappa shape index (κ2) is 47.7. The molecule has 14 rings (SSSR count). The van der Waals surface area contributed by atoms with Gasteiger partial charge in [-0.3, -0.25) is 9.59 Å². The van der Waals surface area contributed by atoms with Crippen LogP contribution in [0.5, 0.6) is 11.5 Å². The second-order valence-corrected chi connectivity index (χ2v) is 37.6. The Kier molecular flexibility index (Phi) is 36.9. The van der Waals surface area contributed by atoms with Crippen molar-refractivity contribution in [2.24, 2.45) is 75.3 Å². The van der Waals surface area contributed by atoms with Gasteiger partial charge in [-0.2, -0.15) is 10.2 Å². The van der Waals surface area contributed by atoms with Crippen LogP contribution in [0.1, 0.15) is 390 Å². The molecule has 0 spiro atoms. The number of benzene rings is 6. The summed E-state index contributed by atoms with van der Waals surface area (Å²) in [6.45, 7) is 19.5. The number of esters is 2. The first-order valence-corrected chi connectivity index (χ1v) is 47.4. The first-order chi connectivity index (χ1) is 55.8. The number of ether oxygens (including phenoxy) is 2. The highest BCUT2D eigenvalue weighted by atomic mass is 16.5. The van der Waals surface area contributed by atoms with Crippen molar-refractivity contribution < 1.29 is 19.1 Å². The van der Waals surface area contributed by atoms with E-state index in [1.165, 1.54) is 283 Å². The van der Waals surface area contributed by atoms with Crippen molar-refractivity contribution in [2.45, 2.75) is 354 Å². The molecule has 8 saturated carbocycles. The fourth-order valence-corrected chi connectivity index (χ4v) is 22.2. The predicted octanol–water partition coefficient (Wildman–Crippen LogP) is 30.8. The van der Waals surface area contributed by atoms with Crippen LogP contribution in [0.2, 0.25) is 0 Å². The molecule has 0 unspecified atom stereocenters. The molecular weight excluding hydrogens is 1390 g/mol. The van der Waals surface area contributed by atoms with Crippen LogP contribution >= 0.6 is 0 Å². The molecule has 6 nitrogen and oxygen atoms in total. The third-order valence-corrected chi connectivity index (χ3v) is 29.7. The highest BCUT2D eigenvalue weighted by Crippen LogP contribution is 2.48. The van der Waals surface area contributed by atoms with Crippen molar-refractivity contribution in [3.05, 3.63) is 214 Å². The number of allylic oxidation sites excluding steroid dienone is 1. The minimum atomic E-state index is -0.0266. The Bertz CT molecular complexity index is 3710. The zero-order valence-corrected chi connectivity index (χ0v) is 72.5. The fraction of sp³-hybridized carbons (Fsp3) is 0.611. The van der Waals surface area contributed by atoms with Gasteiger partial charge in [-0.15, -0.1) is 6.58 Å². The van der Waals surface area contributed by atoms with Crippen LogP contribution < -0.4 is 9.47 Å². The first-order valence-electron chi connectivity index (χ1n) is 47.4. The molecule has 0 amide bonds. The number of hydrogen-bond acceptors (Lipinski definition) is 6. The Labute approximate surface area is 694 Å². The molecule has 0 aliphatic heterocycles. The lowest BCUT2D eigenvalue weighted by Gasteiger charge is -2.38. The van der Waals surface area contributed by atoms with Crippen molar-refractivity contribution in [1.82, 2.24) is 0 Å². The Morgan fingerprint density at radius 1 is 0.316 bits per heavy atom. The Hall–Kier alpha value is -6.66. The zero-order valence-electron chi connectivity index (χ0n) is 72.5. The number of rotatable bonds is 26. The Morgan fingerprint density at radius 3 is 0.877 bits per heavy atom. The van der Waals surface area contributed by atoms with Gasteiger partial charge in [-0.25, -0.2) is 0 Å². The highest BCUT2D eigenvalue weighted by Gasteiger charge is 2.36. The van der Waals surface area contributed by atoms with Crippen LogP contribution in [0.15, 0.2) is 168 Å². The third-order valence-electron chi connectivity index (χ3n) is 29.7. The van der Waals surface area contributed by atoms with Gasteiger partial charge in [-0.1, -0.05) is 250 Å². The van der Waals surface area contributed by atoms with Gasteiger partial charge in [0.1, 0.15) is 11.5 Å². The van der Waals surface area contributed by atoms with Crippen LogP contribution in [-0.4, -0.2) is 24.4 Å². The van der Waals surface area contributed by atoms with Crippen molar-refractivity contribution in [1.29, 1.82) is 0 Å². The highest BCUT2D eigenvalue weighted by molar-refractivity contribution is 5.83. The lowest BCUT2D eigenvalue weighted by atomic mass is 9.68. The molecular formula is C108H152N2O4. The normalized spacial score (nSPS) is 28.0. The molecule has 0 bridgehead atoms. The van der Waals surface area contributed by atoms with E-state index in [-0.39, 0.29) is 23.8 Å². The van der Waals surface area contributed by atoms with Crippen LogP contribution in [0, 0.1) is 78.9 Å². The van der Waals surface area contributed by atoms with Gasteiger partial charge in [-0.05, 0) is 365 Å². The van der Waals surface area contributed by atoms with Gasteiger partial charge in [0.2, 0.25) is 0 Å². The van der Waals surface area contributed by atoms with Crippen LogP contribution in [-0.2, 0) is 16.0 Å². The maximum Gasteiger partial charge on any atom is 0.314 e. The monoisotopic (exact) mass is 1540 g/mol. The molecule has 618 valence electrons. The SMILES string of the molecule is C=CCCC1CCC(C2CCC(c3ccc(C)cc3)CC2)CC1.CCCC1CCC(C(=O)Oc2ccc(C3CCC(c4ccc(C)cc4)CC3)cc2)CC1.CCCC1CCC(c2ccc(/C=N/N=C/c3ccc(CC)cc3)cc2)CC1.CCCC1CCC(c2ccc(OC(=O)C3CCC(C4CCC(CCC)CC4)CC3)cc2)CC1. The predicted molar refractivity (Wildman–Crippen MR) is 483 cm³/mol. The molecule has 8 aliphatic carbocycles. The standard InChI is InChI=1S/C31H48O2.C29H38O2.C25H32N2.C23H34/c1-3-5-23-7-11-25(12-8-23)27-15-17-29(18-16-27)31(32)33-30-21-19-28(20-22-30)26-13-9-24(6-4-2)10-14-26;1-3-4-22-7-11-27(12-8-22)29(30)31-28-19-17-26(18-20-28)25-15-13-24(14-16-25)23-9-5-21(2)6-10-23;1-3-5-21-10-14-24(15-11-21)25-16-12-23(13-17-25)19-27-26-18-22-8-6-20(4-2)7-9-22;1-3-4-5-19-8-12-21(13-9-19)23-16-14-22(15-17-23)20-10-6-18(2)7-11-20/h19-27,29H,3-18H2,1-2H3;5-6,9-10,17-20,22,24-25,27H,3-4,7-8,11-16H2,1-2H3;6-9,12-13,16-19,21,24H,3-5,10-11,14-15H2,1-2H3;3,6-7,10-11,19,21-23H,1,4-5,8-9,12-17H2,2H3/b;;26-18+,27-19+;. The van der Waals surface area contributed by atoms with E-state index in [1.54, 1.807) is 11.8 Å². The summed E-state index contributed by atoms with van der Waals surface area (Å²) in [5, 5.41) is 8.37. The van der Waals surface area contributed by atoms with Gasteiger partial charge in [0, 0.05) is 0 Å². The molecule has 0 N–H and O–H groups in total. The second-order valence-electron chi connectivity index (χ2n) is 37.6. The van der Waals surface area contributed by atoms with E-state index in [4.69, 9.17) is 9.47 Å². The lowest BCUT2D eigenvalue weighted by Crippen LogP contribution is -2.30. The molecule has 8 fully saturated rings. The molecule has 0 atom stereocenters. The van der Waals surface area contributed by atoms with Crippen molar-refractivity contribution in [2.75, 3.05) is 0 Å². The van der Waals surface area contributed by atoms with Gasteiger partial charge >= 0.3 is 11.9 Å². The molecule has 0 saturated heterocycles. The van der Waals surface area contributed by atoms with E-state index < -0.39 is 0 Å². The average Bonchev–Trinajstić information content (AvgIpc) is 0.834. The van der Waals surface area contributed by atoms with E-state index in [9.17, 15) is 9.59 Å². The quantitative estimate of drug-likeness (QED) is 0.0178. The van der Waals surface area contributed by atoms with E-state index in [1.807, 2.05) is 30.5 Å². The first kappa shape index (κ1) is 88.2. The number of nitrogens with zero attached hydrogens (tertiary/aromatic N) is 2. The molecule has 8 aliphatic rings. The maximum atomic E-state index is 12.8. The lowest BCUT2D eigenvalue weighted by molar-refractivity contribution is -0.141. The molecule has 6 aromatic carbocycles. The number of aryl methyl sites for hydroxylation is 3. The van der Waals surface area contributed by atoms with E-state index >= 15 is 0 Å². The zero-order chi connectivity index (χ0) is 79.6. The summed E-state index contributed by atoms with van der Waals surface area (Å²) in [7, 11) is 0. The minimum absolute atomic E-state index is 0.00734. The topological polar surface area (TPSA) is 77.3 Å². The van der Waals surface area contributed by atoms with Crippen LogP contribution in [0.3, 0.4) is 0 Å². The summed E-state index contributed by atoms with van der Waals surface area (Å²) in [4.78, 5) is 25.4. The summed E-state index contributed by atoms with van der Waals surface area (Å²) in [5.74, 6) is 13.7. The molecule has 0 heterocycles. The molecule has 6 aromatic rings. The van der Waals surface area contributed by atoms with E-state index in [2.05, 4.69) is 193 Å². The van der Waals surface area contributed by atoms with E-state index in [0.29, 0.717) is 23.5 Å². The number of carbonyl (C=O) groups is 2. The summed E-state index contributed by atoms with van der Waals surface area (Å²) in [5.41, 5.74) is 13.6. The van der Waals surface area contributed by atoms with Crippen molar-refractivity contribution in [3.8, 4) is 11.5 Å². The Balaban J connectivity index is 0.000000151. The minimum Gasteiger partial charge on any atom is -0.426 e. The van der Waals surface area contributed by atoms with Gasteiger partial charge in [0.25, 0.3) is 0 Å². The molecule has 6 heteroatoms. The van der Waals surface area contributed by atoms with Gasteiger partial charge in [0.05, 0.1) is 24.3 Å². The van der Waals surface area contributed by atoms with E-state index in [0.717, 1.165) is 114 Å². The molecule has 114 heavy (non-hydrogen) atoms. The molecule has 0 radical (unpaired) electrons. The maximum absolute atomic E-state index is 12.8. The average molecular weight is 1540 g/mol. The third kappa shape index (κ3) is 28.0. The van der Waals surface area contributed by atoms with Crippen molar-refractivity contribution >= 4 is 24.4 Å². The largest absolute Gasteiger partial charge is 0.426 e. The summed E-state index contributed by atoms with van der Waals surface area (Å²) >= 11 is 0. The van der Waals surface area contributed by atoms with Crippen LogP contribution in [0.4, 0.5) is 0 Å². The fourth-order valence-electron chi connectivity index (χ4n) is 22.2. The summed E-state index contributed by atoms with van der Waals surface area (Å²) in [6, 6.07) is 52.6. The molecule has 0 aromatic heterocycles. The number of hydrogen-bond donors (Lipinski definition) is 0. The van der Waals surface area contributed by atoms with Gasteiger partial charge < -0.3 is 9.47 Å². The van der Waals surface area contributed by atoms with Crippen molar-refractivity contribution in [3.63, 3.8) is 0 Å².